The number of benzene rings is 2. The summed E-state index contributed by atoms with van der Waals surface area (Å²) in [6, 6.07) is 13.7. The second kappa shape index (κ2) is 5.30. The maximum atomic E-state index is 12.2. The van der Waals surface area contributed by atoms with E-state index in [1.54, 1.807) is 0 Å². The molecular formula is C15H13IN2O. The molecule has 0 bridgehead atoms. The van der Waals surface area contributed by atoms with Gasteiger partial charge >= 0.3 is 0 Å². The molecule has 0 fully saturated rings. The van der Waals surface area contributed by atoms with Crippen molar-refractivity contribution in [2.75, 3.05) is 5.32 Å². The van der Waals surface area contributed by atoms with Gasteiger partial charge in [0.2, 0.25) is 0 Å². The van der Waals surface area contributed by atoms with Crippen LogP contribution in [0.15, 0.2) is 42.5 Å². The molecule has 3 rings (SSSR count). The van der Waals surface area contributed by atoms with Crippen molar-refractivity contribution in [2.24, 2.45) is 0 Å². The molecule has 1 aliphatic rings. The summed E-state index contributed by atoms with van der Waals surface area (Å²) in [4.78, 5) is 12.2. The molecule has 1 heterocycles. The number of hydrogen-bond donors (Lipinski definition) is 2. The van der Waals surface area contributed by atoms with Gasteiger partial charge in [-0.25, -0.2) is 0 Å². The minimum atomic E-state index is -0.0586. The lowest BCUT2D eigenvalue weighted by Gasteiger charge is -2.07. The van der Waals surface area contributed by atoms with Gasteiger partial charge in [0.25, 0.3) is 5.91 Å². The van der Waals surface area contributed by atoms with Crippen molar-refractivity contribution in [2.45, 2.75) is 13.1 Å². The SMILES string of the molecule is O=C(Nc1cccc(I)c1)c1ccc2c(c1)CNC2. The van der Waals surface area contributed by atoms with E-state index in [2.05, 4.69) is 33.2 Å². The summed E-state index contributed by atoms with van der Waals surface area (Å²) < 4.78 is 1.11. The highest BCUT2D eigenvalue weighted by molar-refractivity contribution is 14.1. The van der Waals surface area contributed by atoms with Gasteiger partial charge in [0.1, 0.15) is 0 Å². The highest BCUT2D eigenvalue weighted by Crippen LogP contribution is 2.18. The van der Waals surface area contributed by atoms with Gasteiger partial charge in [-0.2, -0.15) is 0 Å². The van der Waals surface area contributed by atoms with E-state index in [-0.39, 0.29) is 5.91 Å². The first-order chi connectivity index (χ1) is 9.22. The fraction of sp³-hybridized carbons (Fsp3) is 0.133. The van der Waals surface area contributed by atoms with Gasteiger partial charge in [-0.1, -0.05) is 12.1 Å². The number of fused-ring (bicyclic) bond motifs is 1. The maximum absolute atomic E-state index is 12.2. The molecule has 1 amide bonds. The Morgan fingerprint density at radius 1 is 1.11 bits per heavy atom. The summed E-state index contributed by atoms with van der Waals surface area (Å²) in [5.74, 6) is -0.0586. The Balaban J connectivity index is 1.81. The lowest BCUT2D eigenvalue weighted by Crippen LogP contribution is -2.12. The van der Waals surface area contributed by atoms with E-state index in [1.807, 2.05) is 42.5 Å². The van der Waals surface area contributed by atoms with Crippen molar-refractivity contribution >= 4 is 34.2 Å². The molecule has 0 unspecified atom stereocenters. The van der Waals surface area contributed by atoms with E-state index >= 15 is 0 Å². The zero-order valence-corrected chi connectivity index (χ0v) is 12.4. The largest absolute Gasteiger partial charge is 0.322 e. The van der Waals surface area contributed by atoms with Crippen LogP contribution in [0.25, 0.3) is 0 Å². The van der Waals surface area contributed by atoms with Gasteiger partial charge in [0.05, 0.1) is 0 Å². The summed E-state index contributed by atoms with van der Waals surface area (Å²) >= 11 is 2.23. The number of hydrogen-bond acceptors (Lipinski definition) is 2. The van der Waals surface area contributed by atoms with Gasteiger partial charge in [0, 0.05) is 27.9 Å². The Morgan fingerprint density at radius 2 is 1.95 bits per heavy atom. The van der Waals surface area contributed by atoms with E-state index in [9.17, 15) is 4.79 Å². The number of carbonyl (C=O) groups excluding carboxylic acids is 1. The number of carbonyl (C=O) groups is 1. The average molecular weight is 364 g/mol. The Morgan fingerprint density at radius 3 is 2.79 bits per heavy atom. The summed E-state index contributed by atoms with van der Waals surface area (Å²) in [6.07, 6.45) is 0. The third-order valence-corrected chi connectivity index (χ3v) is 3.85. The Hall–Kier alpha value is -1.40. The predicted molar refractivity (Wildman–Crippen MR) is 84.1 cm³/mol. The summed E-state index contributed by atoms with van der Waals surface area (Å²) in [5, 5.41) is 6.20. The van der Waals surface area contributed by atoms with Crippen LogP contribution in [0.2, 0.25) is 0 Å². The zero-order chi connectivity index (χ0) is 13.2. The second-order valence-corrected chi connectivity index (χ2v) is 5.80. The number of nitrogens with one attached hydrogen (secondary N) is 2. The molecule has 1 aliphatic heterocycles. The molecule has 0 aromatic heterocycles. The van der Waals surface area contributed by atoms with Gasteiger partial charge in [-0.3, -0.25) is 4.79 Å². The quantitative estimate of drug-likeness (QED) is 0.804. The summed E-state index contributed by atoms with van der Waals surface area (Å²) in [7, 11) is 0. The van der Waals surface area contributed by atoms with Gasteiger partial charge < -0.3 is 10.6 Å². The molecule has 0 saturated heterocycles. The van der Waals surface area contributed by atoms with Gasteiger partial charge in [0.15, 0.2) is 0 Å². The monoisotopic (exact) mass is 364 g/mol. The lowest BCUT2D eigenvalue weighted by atomic mass is 10.1. The third kappa shape index (κ3) is 2.79. The van der Waals surface area contributed by atoms with Crippen molar-refractivity contribution < 1.29 is 4.79 Å². The fourth-order valence-electron chi connectivity index (χ4n) is 2.21. The normalized spacial score (nSPS) is 13.1. The molecule has 19 heavy (non-hydrogen) atoms. The van der Waals surface area contributed by atoms with Crippen LogP contribution in [0.5, 0.6) is 0 Å². The number of rotatable bonds is 2. The molecule has 2 aromatic rings. The van der Waals surface area contributed by atoms with Crippen LogP contribution in [-0.2, 0) is 13.1 Å². The molecule has 0 radical (unpaired) electrons. The molecule has 0 saturated carbocycles. The topological polar surface area (TPSA) is 41.1 Å². The molecule has 2 N–H and O–H groups in total. The second-order valence-electron chi connectivity index (χ2n) is 4.55. The van der Waals surface area contributed by atoms with E-state index in [4.69, 9.17) is 0 Å². The molecule has 3 nitrogen and oxygen atoms in total. The Kier molecular flexibility index (Phi) is 3.52. The zero-order valence-electron chi connectivity index (χ0n) is 10.2. The van der Waals surface area contributed by atoms with Gasteiger partial charge in [-0.05, 0) is 64.0 Å². The first-order valence-corrected chi connectivity index (χ1v) is 7.20. The van der Waals surface area contributed by atoms with Crippen LogP contribution in [0.4, 0.5) is 5.69 Å². The van der Waals surface area contributed by atoms with Crippen LogP contribution in [0.1, 0.15) is 21.5 Å². The van der Waals surface area contributed by atoms with E-state index < -0.39 is 0 Å². The van der Waals surface area contributed by atoms with Crippen molar-refractivity contribution in [1.29, 1.82) is 0 Å². The minimum absolute atomic E-state index is 0.0586. The predicted octanol–water partition coefficient (Wildman–Crippen LogP) is 3.15. The highest BCUT2D eigenvalue weighted by Gasteiger charge is 2.13. The Labute approximate surface area is 125 Å². The third-order valence-electron chi connectivity index (χ3n) is 3.18. The van der Waals surface area contributed by atoms with Crippen molar-refractivity contribution in [3.05, 3.63) is 62.7 Å². The van der Waals surface area contributed by atoms with Crippen LogP contribution in [-0.4, -0.2) is 5.91 Å². The standard InChI is InChI=1S/C15H13IN2O/c16-13-2-1-3-14(7-13)18-15(19)10-4-5-11-8-17-9-12(11)6-10/h1-7,17H,8-9H2,(H,18,19). The molecule has 2 aromatic carbocycles. The molecule has 0 spiro atoms. The number of halogens is 1. The smallest absolute Gasteiger partial charge is 0.255 e. The van der Waals surface area contributed by atoms with Crippen LogP contribution < -0.4 is 10.6 Å². The van der Waals surface area contributed by atoms with Crippen molar-refractivity contribution in [3.63, 3.8) is 0 Å². The van der Waals surface area contributed by atoms with Crippen LogP contribution in [0.3, 0.4) is 0 Å². The van der Waals surface area contributed by atoms with Crippen LogP contribution in [0, 0.1) is 3.57 Å². The van der Waals surface area contributed by atoms with Crippen molar-refractivity contribution in [3.8, 4) is 0 Å². The average Bonchev–Trinajstić information content (AvgIpc) is 2.85. The first kappa shape index (κ1) is 12.6. The highest BCUT2D eigenvalue weighted by atomic mass is 127. The number of anilines is 1. The molecule has 4 heteroatoms. The fourth-order valence-corrected chi connectivity index (χ4v) is 2.75. The van der Waals surface area contributed by atoms with E-state index in [0.717, 1.165) is 22.3 Å². The van der Waals surface area contributed by atoms with E-state index in [0.29, 0.717) is 5.56 Å². The lowest BCUT2D eigenvalue weighted by molar-refractivity contribution is 0.102. The molecule has 96 valence electrons. The molecular weight excluding hydrogens is 351 g/mol. The van der Waals surface area contributed by atoms with Crippen molar-refractivity contribution in [1.82, 2.24) is 5.32 Å². The van der Waals surface area contributed by atoms with E-state index in [1.165, 1.54) is 11.1 Å². The molecule has 0 atom stereocenters. The summed E-state index contributed by atoms with van der Waals surface area (Å²) in [6.45, 7) is 1.74. The Bertz CT molecular complexity index is 640. The summed E-state index contributed by atoms with van der Waals surface area (Å²) in [5.41, 5.74) is 4.04. The first-order valence-electron chi connectivity index (χ1n) is 6.12. The maximum Gasteiger partial charge on any atom is 0.255 e. The molecule has 0 aliphatic carbocycles. The van der Waals surface area contributed by atoms with Crippen LogP contribution >= 0.6 is 22.6 Å². The number of amides is 1. The van der Waals surface area contributed by atoms with Gasteiger partial charge in [-0.15, -0.1) is 0 Å². The minimum Gasteiger partial charge on any atom is -0.322 e.